The van der Waals surface area contributed by atoms with Crippen molar-refractivity contribution in [2.45, 2.75) is 12.8 Å². The van der Waals surface area contributed by atoms with Crippen molar-refractivity contribution in [3.63, 3.8) is 0 Å². The van der Waals surface area contributed by atoms with Gasteiger partial charge in [0.15, 0.2) is 0 Å². The molecule has 0 spiro atoms. The molecular weight excluding hydrogens is 174 g/mol. The van der Waals surface area contributed by atoms with Gasteiger partial charge in [-0.05, 0) is 32.5 Å². The van der Waals surface area contributed by atoms with Crippen molar-refractivity contribution in [3.8, 4) is 0 Å². The molecular formula is C8H14ClN3. The molecule has 0 atom stereocenters. The predicted octanol–water partition coefficient (Wildman–Crippen LogP) is 1.23. The van der Waals surface area contributed by atoms with Crippen molar-refractivity contribution in [1.29, 1.82) is 0 Å². The van der Waals surface area contributed by atoms with E-state index in [4.69, 9.17) is 11.6 Å². The van der Waals surface area contributed by atoms with E-state index in [9.17, 15) is 0 Å². The molecule has 0 bridgehead atoms. The predicted molar refractivity (Wildman–Crippen MR) is 50.5 cm³/mol. The molecule has 1 N–H and O–H groups in total. The number of nitrogens with zero attached hydrogens (tertiary/aromatic N) is 2. The van der Waals surface area contributed by atoms with Crippen molar-refractivity contribution < 1.29 is 0 Å². The molecule has 0 aliphatic carbocycles. The summed E-state index contributed by atoms with van der Waals surface area (Å²) in [6, 6.07) is 1.91. The van der Waals surface area contributed by atoms with Crippen LogP contribution < -0.4 is 5.32 Å². The highest BCUT2D eigenvalue weighted by Gasteiger charge is 2.00. The third kappa shape index (κ3) is 2.50. The molecule has 0 aliphatic rings. The van der Waals surface area contributed by atoms with Gasteiger partial charge in [-0.2, -0.15) is 5.10 Å². The van der Waals surface area contributed by atoms with Gasteiger partial charge in [0.05, 0.1) is 5.69 Å². The number of nitrogens with one attached hydrogen (secondary N) is 1. The normalized spacial score (nSPS) is 10.6. The molecule has 0 saturated carbocycles. The van der Waals surface area contributed by atoms with Crippen LogP contribution in [0.5, 0.6) is 0 Å². The number of hydrogen-bond donors (Lipinski definition) is 1. The summed E-state index contributed by atoms with van der Waals surface area (Å²) < 4.78 is 1.69. The van der Waals surface area contributed by atoms with Crippen LogP contribution >= 0.6 is 11.6 Å². The minimum atomic E-state index is 0.703. The van der Waals surface area contributed by atoms with Crippen LogP contribution in [0.1, 0.15) is 12.1 Å². The van der Waals surface area contributed by atoms with Gasteiger partial charge < -0.3 is 5.32 Å². The summed E-state index contributed by atoms with van der Waals surface area (Å²) in [7, 11) is 3.80. The fraction of sp³-hybridized carbons (Fsp3) is 0.625. The molecule has 4 heteroatoms. The van der Waals surface area contributed by atoms with Crippen molar-refractivity contribution in [2.75, 3.05) is 13.6 Å². The van der Waals surface area contributed by atoms with Gasteiger partial charge in [0.1, 0.15) is 5.15 Å². The van der Waals surface area contributed by atoms with Gasteiger partial charge in [-0.25, -0.2) is 0 Å². The highest BCUT2D eigenvalue weighted by molar-refractivity contribution is 6.29. The second kappa shape index (κ2) is 4.48. The zero-order valence-electron chi connectivity index (χ0n) is 7.47. The second-order valence-corrected chi connectivity index (χ2v) is 3.18. The van der Waals surface area contributed by atoms with Crippen LogP contribution in [0.15, 0.2) is 6.07 Å². The Morgan fingerprint density at radius 1 is 1.67 bits per heavy atom. The molecule has 0 radical (unpaired) electrons. The van der Waals surface area contributed by atoms with E-state index in [0.29, 0.717) is 5.15 Å². The Hall–Kier alpha value is -0.540. The maximum absolute atomic E-state index is 5.83. The van der Waals surface area contributed by atoms with Gasteiger partial charge in [-0.15, -0.1) is 0 Å². The van der Waals surface area contributed by atoms with Crippen LogP contribution in [0.4, 0.5) is 0 Å². The van der Waals surface area contributed by atoms with Crippen molar-refractivity contribution in [3.05, 3.63) is 16.9 Å². The molecule has 1 aromatic rings. The minimum absolute atomic E-state index is 0.703. The number of aryl methyl sites for hydroxylation is 2. The van der Waals surface area contributed by atoms with Gasteiger partial charge in [0, 0.05) is 7.05 Å². The van der Waals surface area contributed by atoms with E-state index in [-0.39, 0.29) is 0 Å². The highest BCUT2D eigenvalue weighted by atomic mass is 35.5. The van der Waals surface area contributed by atoms with E-state index < -0.39 is 0 Å². The third-order valence-electron chi connectivity index (χ3n) is 1.73. The molecule has 0 unspecified atom stereocenters. The SMILES string of the molecule is CNCCCc1cc(Cl)n(C)n1. The zero-order chi connectivity index (χ0) is 8.97. The standard InChI is InChI=1S/C8H14ClN3/c1-10-5-3-4-7-6-8(9)12(2)11-7/h6,10H,3-5H2,1-2H3. The topological polar surface area (TPSA) is 29.9 Å². The Morgan fingerprint density at radius 2 is 2.42 bits per heavy atom. The summed E-state index contributed by atoms with van der Waals surface area (Å²) in [5.41, 5.74) is 1.07. The number of hydrogen-bond acceptors (Lipinski definition) is 2. The number of rotatable bonds is 4. The monoisotopic (exact) mass is 187 g/mol. The van der Waals surface area contributed by atoms with E-state index in [1.807, 2.05) is 20.2 Å². The molecule has 0 amide bonds. The Kier molecular flexibility index (Phi) is 3.56. The van der Waals surface area contributed by atoms with Crippen LogP contribution in [0.25, 0.3) is 0 Å². The van der Waals surface area contributed by atoms with Gasteiger partial charge in [-0.3, -0.25) is 4.68 Å². The third-order valence-corrected chi connectivity index (χ3v) is 2.09. The summed E-state index contributed by atoms with van der Waals surface area (Å²) in [5, 5.41) is 8.03. The Balaban J connectivity index is 2.42. The van der Waals surface area contributed by atoms with Gasteiger partial charge in [0.25, 0.3) is 0 Å². The summed E-state index contributed by atoms with van der Waals surface area (Å²) in [6.45, 7) is 1.02. The maximum atomic E-state index is 5.83. The lowest BCUT2D eigenvalue weighted by Gasteiger charge is -1.95. The summed E-state index contributed by atoms with van der Waals surface area (Å²) in [5.74, 6) is 0. The average molecular weight is 188 g/mol. The maximum Gasteiger partial charge on any atom is 0.126 e. The average Bonchev–Trinajstić information content (AvgIpc) is 2.32. The number of aromatic nitrogens is 2. The van der Waals surface area contributed by atoms with E-state index in [0.717, 1.165) is 25.1 Å². The van der Waals surface area contributed by atoms with Gasteiger partial charge in [0.2, 0.25) is 0 Å². The Morgan fingerprint density at radius 3 is 2.92 bits per heavy atom. The minimum Gasteiger partial charge on any atom is -0.320 e. The van der Waals surface area contributed by atoms with E-state index in [1.165, 1.54) is 0 Å². The molecule has 1 heterocycles. The molecule has 1 aromatic heterocycles. The van der Waals surface area contributed by atoms with Gasteiger partial charge in [-0.1, -0.05) is 11.6 Å². The molecule has 3 nitrogen and oxygen atoms in total. The lowest BCUT2D eigenvalue weighted by Crippen LogP contribution is -2.08. The second-order valence-electron chi connectivity index (χ2n) is 2.79. The largest absolute Gasteiger partial charge is 0.320 e. The fourth-order valence-electron chi connectivity index (χ4n) is 1.07. The quantitative estimate of drug-likeness (QED) is 0.719. The molecule has 0 aromatic carbocycles. The van der Waals surface area contributed by atoms with E-state index >= 15 is 0 Å². The number of halogens is 1. The molecule has 12 heavy (non-hydrogen) atoms. The summed E-state index contributed by atoms with van der Waals surface area (Å²) in [4.78, 5) is 0. The summed E-state index contributed by atoms with van der Waals surface area (Å²) >= 11 is 5.83. The van der Waals surface area contributed by atoms with Crippen LogP contribution in [-0.2, 0) is 13.5 Å². The first-order chi connectivity index (χ1) is 5.74. The van der Waals surface area contributed by atoms with Gasteiger partial charge >= 0.3 is 0 Å². The molecule has 0 aliphatic heterocycles. The Labute approximate surface area is 77.7 Å². The first-order valence-electron chi connectivity index (χ1n) is 4.07. The molecule has 1 rings (SSSR count). The van der Waals surface area contributed by atoms with Crippen molar-refractivity contribution in [2.24, 2.45) is 7.05 Å². The lowest BCUT2D eigenvalue weighted by molar-refractivity contribution is 0.689. The van der Waals surface area contributed by atoms with Crippen LogP contribution in [0.3, 0.4) is 0 Å². The first kappa shape index (κ1) is 9.55. The summed E-state index contributed by atoms with van der Waals surface area (Å²) in [6.07, 6.45) is 2.09. The smallest absolute Gasteiger partial charge is 0.126 e. The first-order valence-corrected chi connectivity index (χ1v) is 4.45. The lowest BCUT2D eigenvalue weighted by atomic mass is 10.2. The van der Waals surface area contributed by atoms with E-state index in [1.54, 1.807) is 4.68 Å². The van der Waals surface area contributed by atoms with Crippen LogP contribution in [-0.4, -0.2) is 23.4 Å². The van der Waals surface area contributed by atoms with E-state index in [2.05, 4.69) is 10.4 Å². The zero-order valence-corrected chi connectivity index (χ0v) is 8.23. The van der Waals surface area contributed by atoms with Crippen molar-refractivity contribution in [1.82, 2.24) is 15.1 Å². The van der Waals surface area contributed by atoms with Crippen LogP contribution in [0.2, 0.25) is 5.15 Å². The molecule has 0 saturated heterocycles. The highest BCUT2D eigenvalue weighted by Crippen LogP contribution is 2.10. The molecule has 68 valence electrons. The van der Waals surface area contributed by atoms with Crippen molar-refractivity contribution >= 4 is 11.6 Å². The Bertz CT molecular complexity index is 225. The molecule has 0 fully saturated rings. The van der Waals surface area contributed by atoms with Crippen LogP contribution in [0, 0.1) is 0 Å². The fourth-order valence-corrected chi connectivity index (χ4v) is 1.23.